The quantitative estimate of drug-likeness (QED) is 0.759. The van der Waals surface area contributed by atoms with Gasteiger partial charge in [0.15, 0.2) is 17.2 Å². The van der Waals surface area contributed by atoms with Crippen LogP contribution in [0.3, 0.4) is 0 Å². The zero-order valence-electron chi connectivity index (χ0n) is 16.6. The minimum absolute atomic E-state index is 0.114. The van der Waals surface area contributed by atoms with Crippen LogP contribution in [0, 0.1) is 5.82 Å². The van der Waals surface area contributed by atoms with Gasteiger partial charge in [-0.3, -0.25) is 9.59 Å². The Kier molecular flexibility index (Phi) is 5.96. The summed E-state index contributed by atoms with van der Waals surface area (Å²) in [6.45, 7) is 1.37. The average molecular weight is 418 g/mol. The molecule has 2 heterocycles. The fraction of sp³-hybridized carbons (Fsp3) is 0.476. The number of rotatable bonds is 2. The van der Waals surface area contributed by atoms with Gasteiger partial charge in [0.05, 0.1) is 0 Å². The third-order valence-corrected chi connectivity index (χ3v) is 5.57. The molecule has 160 valence electrons. The van der Waals surface area contributed by atoms with Crippen LogP contribution in [0.15, 0.2) is 34.0 Å². The number of carbonyl (C=O) groups excluding carboxylic acids is 2. The summed E-state index contributed by atoms with van der Waals surface area (Å²) in [5.74, 6) is -2.07. The first kappa shape index (κ1) is 20.3. The maximum atomic E-state index is 14.7. The van der Waals surface area contributed by atoms with Crippen molar-refractivity contribution in [3.05, 3.63) is 35.4 Å². The molecule has 0 spiro atoms. The molecule has 2 aliphatic rings. The van der Waals surface area contributed by atoms with Crippen molar-refractivity contribution in [2.45, 2.75) is 32.1 Å². The van der Waals surface area contributed by atoms with E-state index in [0.717, 1.165) is 12.8 Å². The molecule has 9 heteroatoms. The van der Waals surface area contributed by atoms with Crippen LogP contribution in [0.4, 0.5) is 14.8 Å². The lowest BCUT2D eigenvalue weighted by Crippen LogP contribution is -2.45. The fourth-order valence-electron chi connectivity index (χ4n) is 3.86. The van der Waals surface area contributed by atoms with Crippen molar-refractivity contribution in [2.24, 2.45) is 0 Å². The Hall–Kier alpha value is -2.97. The Bertz CT molecular complexity index is 980. The number of nitrogens with zero attached hydrogens (tertiary/aromatic N) is 3. The lowest BCUT2D eigenvalue weighted by molar-refractivity contribution is -0.129. The molecule has 4 rings (SSSR count). The molecular weight excluding hydrogens is 394 g/mol. The van der Waals surface area contributed by atoms with Crippen LogP contribution in [0.25, 0.3) is 11.1 Å². The van der Waals surface area contributed by atoms with Gasteiger partial charge in [0.2, 0.25) is 5.91 Å². The molecule has 1 aliphatic heterocycles. The van der Waals surface area contributed by atoms with Crippen molar-refractivity contribution in [1.82, 2.24) is 15.2 Å². The second-order valence-electron chi connectivity index (χ2n) is 7.59. The Morgan fingerprint density at radius 3 is 2.67 bits per heavy atom. The van der Waals surface area contributed by atoms with E-state index in [4.69, 9.17) is 4.42 Å². The first-order chi connectivity index (χ1) is 14.5. The van der Waals surface area contributed by atoms with Crippen molar-refractivity contribution < 1.29 is 22.8 Å². The minimum Gasteiger partial charge on any atom is -0.423 e. The Labute approximate surface area is 172 Å². The molecule has 0 unspecified atom stereocenters. The topological polar surface area (TPSA) is 78.7 Å². The highest BCUT2D eigenvalue weighted by Crippen LogP contribution is 2.29. The number of halogens is 2. The molecule has 7 nitrogen and oxygen atoms in total. The van der Waals surface area contributed by atoms with Crippen LogP contribution in [0.5, 0.6) is 0 Å². The van der Waals surface area contributed by atoms with Gasteiger partial charge >= 0.3 is 0 Å². The van der Waals surface area contributed by atoms with Gasteiger partial charge in [-0.2, -0.15) is 4.98 Å². The monoisotopic (exact) mass is 418 g/mol. The van der Waals surface area contributed by atoms with Crippen LogP contribution in [0.2, 0.25) is 0 Å². The molecule has 0 radical (unpaired) electrons. The normalized spacial score (nSPS) is 18.6. The van der Waals surface area contributed by atoms with Gasteiger partial charge in [-0.25, -0.2) is 8.78 Å². The number of benzene rings is 1. The van der Waals surface area contributed by atoms with Crippen molar-refractivity contribution in [3.8, 4) is 0 Å². The van der Waals surface area contributed by atoms with Crippen LogP contribution in [0.1, 0.15) is 32.1 Å². The summed E-state index contributed by atoms with van der Waals surface area (Å²) in [5, 5.41) is 2.77. The van der Waals surface area contributed by atoms with E-state index in [1.165, 1.54) is 17.0 Å². The Balaban J connectivity index is 1.56. The van der Waals surface area contributed by atoms with Crippen molar-refractivity contribution in [1.29, 1.82) is 0 Å². The summed E-state index contributed by atoms with van der Waals surface area (Å²) in [6.07, 6.45) is 3.10. The number of oxazole rings is 1. The van der Waals surface area contributed by atoms with Gasteiger partial charge in [0.1, 0.15) is 5.52 Å². The standard InChI is InChI=1S/C21H24F2N4O3/c22-15-6-3-7-16-19(15)25-21(30-16)27-11-9-24-17(28)8-10-26(12-13-27)20(29)18(23)14-4-1-2-5-14/h3,6-7H,1-2,4-5,8-13H2,(H,24,28). The predicted molar refractivity (Wildman–Crippen MR) is 107 cm³/mol. The number of hydrogen-bond acceptors (Lipinski definition) is 5. The number of para-hydroxylation sites is 1. The van der Waals surface area contributed by atoms with E-state index in [-0.39, 0.29) is 36.9 Å². The maximum Gasteiger partial charge on any atom is 0.298 e. The highest BCUT2D eigenvalue weighted by atomic mass is 19.1. The molecule has 0 bridgehead atoms. The smallest absolute Gasteiger partial charge is 0.298 e. The number of hydrogen-bond donors (Lipinski definition) is 1. The summed E-state index contributed by atoms with van der Waals surface area (Å²) in [6, 6.07) is 4.66. The van der Waals surface area contributed by atoms with Gasteiger partial charge in [0, 0.05) is 39.1 Å². The summed E-state index contributed by atoms with van der Waals surface area (Å²) in [4.78, 5) is 32.1. The van der Waals surface area contributed by atoms with Crippen molar-refractivity contribution in [2.75, 3.05) is 37.6 Å². The zero-order valence-corrected chi connectivity index (χ0v) is 16.6. The number of allylic oxidation sites excluding steroid dienone is 1. The highest BCUT2D eigenvalue weighted by Gasteiger charge is 2.26. The van der Waals surface area contributed by atoms with E-state index in [2.05, 4.69) is 10.3 Å². The Morgan fingerprint density at radius 2 is 1.90 bits per heavy atom. The lowest BCUT2D eigenvalue weighted by atomic mass is 10.2. The largest absolute Gasteiger partial charge is 0.423 e. The van der Waals surface area contributed by atoms with Crippen LogP contribution in [-0.2, 0) is 9.59 Å². The molecule has 1 saturated carbocycles. The molecular formula is C21H24F2N4O3. The molecule has 2 aromatic rings. The average Bonchev–Trinajstić information content (AvgIpc) is 3.42. The highest BCUT2D eigenvalue weighted by molar-refractivity contribution is 5.92. The molecule has 2 fully saturated rings. The lowest BCUT2D eigenvalue weighted by Gasteiger charge is -2.28. The van der Waals surface area contributed by atoms with Gasteiger partial charge in [-0.1, -0.05) is 6.07 Å². The van der Waals surface area contributed by atoms with E-state index in [0.29, 0.717) is 43.6 Å². The first-order valence-corrected chi connectivity index (χ1v) is 10.3. The van der Waals surface area contributed by atoms with Crippen LogP contribution in [-0.4, -0.2) is 54.4 Å². The zero-order chi connectivity index (χ0) is 21.1. The maximum absolute atomic E-state index is 14.7. The second-order valence-corrected chi connectivity index (χ2v) is 7.59. The van der Waals surface area contributed by atoms with Crippen LogP contribution >= 0.6 is 0 Å². The number of fused-ring (bicyclic) bond motifs is 1. The summed E-state index contributed by atoms with van der Waals surface area (Å²) in [5.41, 5.74) is 1.00. The SMILES string of the molecule is O=C1CCN(C(=O)C(F)=C2CCCC2)CCN(c2nc3c(F)cccc3o2)CCN1. The number of aromatic nitrogens is 1. The Morgan fingerprint density at radius 1 is 1.10 bits per heavy atom. The van der Waals surface area contributed by atoms with Gasteiger partial charge < -0.3 is 19.5 Å². The predicted octanol–water partition coefficient (Wildman–Crippen LogP) is 2.92. The molecule has 1 saturated heterocycles. The molecule has 1 aliphatic carbocycles. The fourth-order valence-corrected chi connectivity index (χ4v) is 3.86. The van der Waals surface area contributed by atoms with Gasteiger partial charge in [-0.05, 0) is 43.4 Å². The van der Waals surface area contributed by atoms with Gasteiger partial charge in [-0.15, -0.1) is 0 Å². The number of anilines is 1. The van der Waals surface area contributed by atoms with Gasteiger partial charge in [0.25, 0.3) is 11.9 Å². The summed E-state index contributed by atoms with van der Waals surface area (Å²) >= 11 is 0. The molecule has 30 heavy (non-hydrogen) atoms. The van der Waals surface area contributed by atoms with Crippen LogP contribution < -0.4 is 10.2 Å². The number of amides is 2. The van der Waals surface area contributed by atoms with E-state index < -0.39 is 17.6 Å². The second kappa shape index (κ2) is 8.81. The molecule has 0 atom stereocenters. The molecule has 1 N–H and O–H groups in total. The number of nitrogens with one attached hydrogen (secondary N) is 1. The van der Waals surface area contributed by atoms with E-state index in [1.54, 1.807) is 11.0 Å². The van der Waals surface area contributed by atoms with Crippen molar-refractivity contribution >= 4 is 28.9 Å². The number of carbonyl (C=O) groups is 2. The molecule has 1 aromatic carbocycles. The summed E-state index contributed by atoms with van der Waals surface area (Å²) in [7, 11) is 0. The van der Waals surface area contributed by atoms with E-state index in [1.807, 2.05) is 0 Å². The first-order valence-electron chi connectivity index (χ1n) is 10.3. The summed E-state index contributed by atoms with van der Waals surface area (Å²) < 4.78 is 34.4. The third kappa shape index (κ3) is 4.29. The minimum atomic E-state index is -0.694. The van der Waals surface area contributed by atoms with E-state index >= 15 is 0 Å². The molecule has 1 aromatic heterocycles. The molecule has 2 amide bonds. The van der Waals surface area contributed by atoms with E-state index in [9.17, 15) is 18.4 Å². The third-order valence-electron chi connectivity index (χ3n) is 5.57. The van der Waals surface area contributed by atoms with Crippen molar-refractivity contribution in [3.63, 3.8) is 0 Å².